The summed E-state index contributed by atoms with van der Waals surface area (Å²) in [5.41, 5.74) is 6.14. The Morgan fingerprint density at radius 2 is 2.04 bits per heavy atom. The zero-order chi connectivity index (χ0) is 19.9. The van der Waals surface area contributed by atoms with Gasteiger partial charge in [-0.1, -0.05) is 0 Å². The van der Waals surface area contributed by atoms with Crippen LogP contribution in [0.15, 0.2) is 12.7 Å². The van der Waals surface area contributed by atoms with Crippen molar-refractivity contribution in [2.45, 2.75) is 30.4 Å². The predicted octanol–water partition coefficient (Wildman–Crippen LogP) is -2.37. The summed E-state index contributed by atoms with van der Waals surface area (Å²) >= 11 is 0. The van der Waals surface area contributed by atoms with E-state index in [1.54, 1.807) is 0 Å². The average molecular weight is 405 g/mol. The molecule has 7 N–H and O–H groups in total. The van der Waals surface area contributed by atoms with Gasteiger partial charge < -0.3 is 40.3 Å². The monoisotopic (exact) mass is 405 g/mol. The molecule has 3 rings (SSSR count). The minimum atomic E-state index is -5.09. The van der Waals surface area contributed by atoms with Crippen LogP contribution in [0.3, 0.4) is 0 Å². The molecule has 148 valence electrons. The Balaban J connectivity index is 1.78. The molecule has 0 spiro atoms. The van der Waals surface area contributed by atoms with E-state index in [2.05, 4.69) is 15.0 Å². The Hall–Kier alpha value is -2.19. The van der Waals surface area contributed by atoms with Gasteiger partial charge in [0.05, 0.1) is 12.9 Å². The number of hydrogen-bond donors (Lipinski definition) is 6. The van der Waals surface area contributed by atoms with E-state index in [0.717, 1.165) is 0 Å². The fourth-order valence-electron chi connectivity index (χ4n) is 2.65. The van der Waals surface area contributed by atoms with Crippen LogP contribution in [0, 0.1) is 0 Å². The van der Waals surface area contributed by atoms with E-state index < -0.39 is 50.6 Å². The minimum Gasteiger partial charge on any atom is -0.479 e. The number of nitrogens with zero attached hydrogens (tertiary/aromatic N) is 4. The summed E-state index contributed by atoms with van der Waals surface area (Å²) in [6.45, 7) is -0.694. The number of hydrogen-bond acceptors (Lipinski definition) is 10. The van der Waals surface area contributed by atoms with Gasteiger partial charge in [0.15, 0.2) is 17.7 Å². The number of rotatable bonds is 6. The van der Waals surface area contributed by atoms with Crippen LogP contribution < -0.4 is 5.73 Å². The Kier molecular flexibility index (Phi) is 5.14. The summed E-state index contributed by atoms with van der Waals surface area (Å²) < 4.78 is 22.6. The standard InChI is InChI=1S/C12H16N5O9P/c13-8-5-9(15-2-14-8)17(3-16-5)10-7(19)6(18)4(26-10)1-25-12(11(20)21)27(22,23)24/h2-4,6-7,10,12,18-19H,1H2,(H,20,21)(H2,13,14,15)(H2,22,23,24)/t4-,6-,7-,10-,12?/m1/s1. The van der Waals surface area contributed by atoms with Gasteiger partial charge in [-0.05, 0) is 0 Å². The number of carboxylic acids is 1. The van der Waals surface area contributed by atoms with E-state index in [0.29, 0.717) is 0 Å². The number of aliphatic hydroxyl groups excluding tert-OH is 2. The van der Waals surface area contributed by atoms with Crippen LogP contribution in [0.2, 0.25) is 0 Å². The molecule has 1 aliphatic rings. The maximum absolute atomic E-state index is 11.2. The highest BCUT2D eigenvalue weighted by Gasteiger charge is 2.46. The Bertz CT molecular complexity index is 901. The summed E-state index contributed by atoms with van der Waals surface area (Å²) in [7, 11) is -5.09. The van der Waals surface area contributed by atoms with E-state index in [1.807, 2.05) is 0 Å². The number of aliphatic hydroxyl groups is 2. The number of anilines is 1. The zero-order valence-corrected chi connectivity index (χ0v) is 14.3. The maximum atomic E-state index is 11.2. The van der Waals surface area contributed by atoms with Gasteiger partial charge >= 0.3 is 13.6 Å². The Morgan fingerprint density at radius 1 is 1.33 bits per heavy atom. The second kappa shape index (κ2) is 7.09. The predicted molar refractivity (Wildman–Crippen MR) is 85.1 cm³/mol. The number of ether oxygens (including phenoxy) is 2. The van der Waals surface area contributed by atoms with E-state index in [-0.39, 0.29) is 17.0 Å². The second-order valence-electron chi connectivity index (χ2n) is 5.74. The highest BCUT2D eigenvalue weighted by atomic mass is 31.2. The molecule has 27 heavy (non-hydrogen) atoms. The molecule has 0 radical (unpaired) electrons. The number of nitrogen functional groups attached to an aromatic ring is 1. The van der Waals surface area contributed by atoms with Crippen LogP contribution in [-0.4, -0.2) is 81.4 Å². The molecule has 1 unspecified atom stereocenters. The molecule has 2 aromatic heterocycles. The summed E-state index contributed by atoms with van der Waals surface area (Å²) in [5, 5.41) is 29.2. The molecule has 1 saturated heterocycles. The highest BCUT2D eigenvalue weighted by molar-refractivity contribution is 7.53. The maximum Gasteiger partial charge on any atom is 0.365 e. The number of imidazole rings is 1. The van der Waals surface area contributed by atoms with Crippen molar-refractivity contribution in [3.05, 3.63) is 12.7 Å². The first-order chi connectivity index (χ1) is 12.6. The third-order valence-corrected chi connectivity index (χ3v) is 4.91. The smallest absolute Gasteiger partial charge is 0.365 e. The van der Waals surface area contributed by atoms with Crippen molar-refractivity contribution in [3.8, 4) is 0 Å². The number of nitrogens with two attached hydrogens (primary N) is 1. The van der Waals surface area contributed by atoms with Crippen LogP contribution in [0.4, 0.5) is 5.82 Å². The van der Waals surface area contributed by atoms with E-state index in [1.165, 1.54) is 17.2 Å². The number of aromatic nitrogens is 4. The molecule has 15 heteroatoms. The lowest BCUT2D eigenvalue weighted by Gasteiger charge is -2.19. The van der Waals surface area contributed by atoms with Gasteiger partial charge in [-0.25, -0.2) is 19.7 Å². The summed E-state index contributed by atoms with van der Waals surface area (Å²) in [6, 6.07) is 0. The van der Waals surface area contributed by atoms with Gasteiger partial charge in [0.2, 0.25) is 0 Å². The van der Waals surface area contributed by atoms with Gasteiger partial charge in [-0.15, -0.1) is 0 Å². The molecule has 0 aromatic carbocycles. The molecule has 0 saturated carbocycles. The van der Waals surface area contributed by atoms with Crippen LogP contribution in [0.25, 0.3) is 11.2 Å². The fourth-order valence-corrected chi connectivity index (χ4v) is 3.22. The average Bonchev–Trinajstić information content (AvgIpc) is 3.11. The van der Waals surface area contributed by atoms with Gasteiger partial charge in [0.25, 0.3) is 5.85 Å². The minimum absolute atomic E-state index is 0.0950. The first-order valence-corrected chi connectivity index (χ1v) is 9.13. The zero-order valence-electron chi connectivity index (χ0n) is 13.4. The van der Waals surface area contributed by atoms with Gasteiger partial charge in [-0.2, -0.15) is 0 Å². The van der Waals surface area contributed by atoms with Crippen molar-refractivity contribution >= 4 is 30.5 Å². The molecule has 0 bridgehead atoms. The van der Waals surface area contributed by atoms with Crippen LogP contribution in [-0.2, 0) is 18.8 Å². The molecule has 1 fully saturated rings. The van der Waals surface area contributed by atoms with Gasteiger partial charge in [0.1, 0.15) is 30.2 Å². The van der Waals surface area contributed by atoms with Crippen molar-refractivity contribution in [2.24, 2.45) is 0 Å². The van der Waals surface area contributed by atoms with Crippen molar-refractivity contribution in [3.63, 3.8) is 0 Å². The van der Waals surface area contributed by atoms with Gasteiger partial charge in [0, 0.05) is 0 Å². The summed E-state index contributed by atoms with van der Waals surface area (Å²) in [6.07, 6.45) is -3.02. The second-order valence-corrected chi connectivity index (χ2v) is 7.39. The first-order valence-electron chi connectivity index (χ1n) is 7.45. The molecular weight excluding hydrogens is 389 g/mol. The molecule has 3 heterocycles. The van der Waals surface area contributed by atoms with Crippen molar-refractivity contribution in [1.82, 2.24) is 19.5 Å². The number of fused-ring (bicyclic) bond motifs is 1. The van der Waals surface area contributed by atoms with Crippen LogP contribution >= 0.6 is 7.60 Å². The Morgan fingerprint density at radius 3 is 2.67 bits per heavy atom. The molecule has 14 nitrogen and oxygen atoms in total. The molecule has 2 aromatic rings. The van der Waals surface area contributed by atoms with E-state index >= 15 is 0 Å². The number of aliphatic carboxylic acids is 1. The topological polar surface area (TPSA) is 223 Å². The fraction of sp³-hybridized carbons (Fsp3) is 0.500. The van der Waals surface area contributed by atoms with Crippen LogP contribution in [0.1, 0.15) is 6.23 Å². The molecular formula is C12H16N5O9P. The normalized spacial score (nSPS) is 27.1. The summed E-state index contributed by atoms with van der Waals surface area (Å²) in [4.78, 5) is 40.7. The third kappa shape index (κ3) is 3.64. The lowest BCUT2D eigenvalue weighted by Crippen LogP contribution is -2.36. The molecule has 0 aliphatic carbocycles. The Labute approximate surface area is 150 Å². The SMILES string of the molecule is Nc1ncnc2c1ncn2[C@@H]1O[C@H](COC(C(=O)O)P(=O)(O)O)[C@@H](O)[C@H]1O. The quantitative estimate of drug-likeness (QED) is 0.277. The largest absolute Gasteiger partial charge is 0.479 e. The third-order valence-electron chi connectivity index (χ3n) is 3.93. The summed E-state index contributed by atoms with van der Waals surface area (Å²) in [5.74, 6) is -4.20. The molecule has 0 amide bonds. The first kappa shape index (κ1) is 19.6. The lowest BCUT2D eigenvalue weighted by atomic mass is 10.1. The van der Waals surface area contributed by atoms with Crippen molar-refractivity contribution < 1.29 is 43.9 Å². The molecule has 5 atom stereocenters. The number of carbonyl (C=O) groups is 1. The van der Waals surface area contributed by atoms with Crippen LogP contribution in [0.5, 0.6) is 0 Å². The number of carboxylic acid groups (broad SMARTS) is 1. The molecule has 1 aliphatic heterocycles. The van der Waals surface area contributed by atoms with Gasteiger partial charge in [-0.3, -0.25) is 9.13 Å². The van der Waals surface area contributed by atoms with E-state index in [4.69, 9.17) is 30.1 Å². The van der Waals surface area contributed by atoms with Crippen molar-refractivity contribution in [1.29, 1.82) is 0 Å². The highest BCUT2D eigenvalue weighted by Crippen LogP contribution is 2.42. The van der Waals surface area contributed by atoms with Crippen molar-refractivity contribution in [2.75, 3.05) is 12.3 Å². The van der Waals surface area contributed by atoms with E-state index in [9.17, 15) is 19.6 Å². The lowest BCUT2D eigenvalue weighted by molar-refractivity contribution is -0.149.